The summed E-state index contributed by atoms with van der Waals surface area (Å²) in [6.07, 6.45) is 7.47. The molecule has 0 N–H and O–H groups in total. The van der Waals surface area contributed by atoms with Crippen LogP contribution in [0.5, 0.6) is 0 Å². The number of para-hydroxylation sites is 1. The van der Waals surface area contributed by atoms with Crippen LogP contribution in [0.3, 0.4) is 0 Å². The molecule has 0 amide bonds. The average molecular weight is 245 g/mol. The minimum Gasteiger partial charge on any atom is -0.371 e. The summed E-state index contributed by atoms with van der Waals surface area (Å²) in [6, 6.07) is 7.95. The van der Waals surface area contributed by atoms with Crippen LogP contribution in [-0.2, 0) is 0 Å². The molecule has 1 aliphatic rings. The number of hydrogen-bond donors (Lipinski definition) is 0. The highest BCUT2D eigenvalue weighted by Crippen LogP contribution is 2.26. The van der Waals surface area contributed by atoms with Gasteiger partial charge in [0.15, 0.2) is 6.29 Å². The number of nitrogens with zero attached hydrogens (tertiary/aromatic N) is 1. The van der Waals surface area contributed by atoms with Gasteiger partial charge in [-0.15, -0.1) is 0 Å². The molecular formula is C16H23NO. The molecule has 0 radical (unpaired) electrons. The molecule has 18 heavy (non-hydrogen) atoms. The molecule has 0 aliphatic carbocycles. The normalized spacial score (nSPS) is 20.5. The van der Waals surface area contributed by atoms with E-state index in [4.69, 9.17) is 0 Å². The zero-order valence-corrected chi connectivity index (χ0v) is 11.3. The Morgan fingerprint density at radius 1 is 1.28 bits per heavy atom. The lowest BCUT2D eigenvalue weighted by molar-refractivity contribution is 0.112. The first-order chi connectivity index (χ1) is 8.85. The zero-order chi connectivity index (χ0) is 12.8. The Morgan fingerprint density at radius 3 is 2.89 bits per heavy atom. The molecule has 1 unspecified atom stereocenters. The van der Waals surface area contributed by atoms with E-state index in [9.17, 15) is 4.79 Å². The predicted molar refractivity (Wildman–Crippen MR) is 76.3 cm³/mol. The van der Waals surface area contributed by atoms with Crippen molar-refractivity contribution in [2.75, 3.05) is 18.0 Å². The summed E-state index contributed by atoms with van der Waals surface area (Å²) < 4.78 is 0. The van der Waals surface area contributed by atoms with Gasteiger partial charge >= 0.3 is 0 Å². The first kappa shape index (κ1) is 13.1. The number of rotatable bonds is 4. The largest absolute Gasteiger partial charge is 0.371 e. The summed E-state index contributed by atoms with van der Waals surface area (Å²) in [7, 11) is 0. The van der Waals surface area contributed by atoms with Gasteiger partial charge in [-0.05, 0) is 37.3 Å². The summed E-state index contributed by atoms with van der Waals surface area (Å²) in [5.41, 5.74) is 1.94. The van der Waals surface area contributed by atoms with E-state index < -0.39 is 0 Å². The maximum atomic E-state index is 11.1. The number of hydrogen-bond acceptors (Lipinski definition) is 2. The molecule has 2 heteroatoms. The van der Waals surface area contributed by atoms with Crippen LogP contribution in [0.25, 0.3) is 0 Å². The number of benzene rings is 1. The lowest BCUT2D eigenvalue weighted by Crippen LogP contribution is -2.25. The maximum Gasteiger partial charge on any atom is 0.152 e. The zero-order valence-electron chi connectivity index (χ0n) is 11.3. The van der Waals surface area contributed by atoms with Crippen LogP contribution in [0.2, 0.25) is 0 Å². The highest BCUT2D eigenvalue weighted by molar-refractivity contribution is 5.84. The minimum absolute atomic E-state index is 0.825. The second-order valence-electron chi connectivity index (χ2n) is 5.25. The molecule has 0 bridgehead atoms. The summed E-state index contributed by atoms with van der Waals surface area (Å²) >= 11 is 0. The lowest BCUT2D eigenvalue weighted by Gasteiger charge is -2.24. The molecule has 98 valence electrons. The van der Waals surface area contributed by atoms with Crippen molar-refractivity contribution in [2.45, 2.75) is 39.0 Å². The van der Waals surface area contributed by atoms with Gasteiger partial charge in [0.05, 0.1) is 0 Å². The molecule has 1 saturated heterocycles. The van der Waals surface area contributed by atoms with E-state index in [0.29, 0.717) is 0 Å². The molecule has 1 fully saturated rings. The van der Waals surface area contributed by atoms with Crippen LogP contribution in [0.1, 0.15) is 49.4 Å². The van der Waals surface area contributed by atoms with E-state index in [1.165, 1.54) is 32.1 Å². The first-order valence-electron chi connectivity index (χ1n) is 7.14. The highest BCUT2D eigenvalue weighted by atomic mass is 16.1. The Kier molecular flexibility index (Phi) is 4.80. The van der Waals surface area contributed by atoms with Crippen LogP contribution < -0.4 is 4.90 Å². The summed E-state index contributed by atoms with van der Waals surface area (Å²) in [5, 5.41) is 0. The van der Waals surface area contributed by atoms with Crippen LogP contribution in [0.15, 0.2) is 24.3 Å². The van der Waals surface area contributed by atoms with E-state index in [1.807, 2.05) is 18.2 Å². The lowest BCUT2D eigenvalue weighted by atomic mass is 9.96. The van der Waals surface area contributed by atoms with Gasteiger partial charge in [0.25, 0.3) is 0 Å². The van der Waals surface area contributed by atoms with Gasteiger partial charge in [-0.1, -0.05) is 31.9 Å². The Hall–Kier alpha value is -1.31. The second-order valence-corrected chi connectivity index (χ2v) is 5.25. The Balaban J connectivity index is 2.07. The molecular weight excluding hydrogens is 222 g/mol. The average Bonchev–Trinajstić information content (AvgIpc) is 2.65. The van der Waals surface area contributed by atoms with Crippen molar-refractivity contribution in [1.82, 2.24) is 0 Å². The van der Waals surface area contributed by atoms with Gasteiger partial charge in [0, 0.05) is 24.3 Å². The molecule has 1 aliphatic heterocycles. The predicted octanol–water partition coefficient (Wildman–Crippen LogP) is 3.91. The fraction of sp³-hybridized carbons (Fsp3) is 0.562. The van der Waals surface area contributed by atoms with E-state index in [1.54, 1.807) is 0 Å². The monoisotopic (exact) mass is 245 g/mol. The maximum absolute atomic E-state index is 11.1. The van der Waals surface area contributed by atoms with Crippen molar-refractivity contribution >= 4 is 12.0 Å². The van der Waals surface area contributed by atoms with Crippen molar-refractivity contribution in [1.29, 1.82) is 0 Å². The number of anilines is 1. The third-order valence-electron chi connectivity index (χ3n) is 3.95. The van der Waals surface area contributed by atoms with Gasteiger partial charge in [-0.25, -0.2) is 0 Å². The van der Waals surface area contributed by atoms with Gasteiger partial charge in [-0.3, -0.25) is 4.79 Å². The third kappa shape index (κ3) is 3.12. The van der Waals surface area contributed by atoms with Crippen molar-refractivity contribution in [3.63, 3.8) is 0 Å². The highest BCUT2D eigenvalue weighted by Gasteiger charge is 2.18. The Bertz CT molecular complexity index is 388. The Labute approximate surface area is 110 Å². The van der Waals surface area contributed by atoms with Crippen molar-refractivity contribution < 1.29 is 4.79 Å². The molecule has 0 saturated carbocycles. The van der Waals surface area contributed by atoms with Crippen LogP contribution >= 0.6 is 0 Å². The van der Waals surface area contributed by atoms with Crippen LogP contribution in [0.4, 0.5) is 5.69 Å². The van der Waals surface area contributed by atoms with Gasteiger partial charge in [0.2, 0.25) is 0 Å². The molecule has 1 aromatic carbocycles. The van der Waals surface area contributed by atoms with Gasteiger partial charge in [0.1, 0.15) is 0 Å². The minimum atomic E-state index is 0.825. The second kappa shape index (κ2) is 6.58. The fourth-order valence-corrected chi connectivity index (χ4v) is 2.98. The van der Waals surface area contributed by atoms with Crippen molar-refractivity contribution in [2.24, 2.45) is 5.92 Å². The van der Waals surface area contributed by atoms with Crippen molar-refractivity contribution in [3.8, 4) is 0 Å². The molecule has 0 aromatic heterocycles. The summed E-state index contributed by atoms with van der Waals surface area (Å²) in [6.45, 7) is 4.45. The number of carbonyl (C=O) groups is 1. The number of carbonyl (C=O) groups excluding carboxylic acids is 1. The molecule has 1 atom stereocenters. The SMILES string of the molecule is CCCC1CCCN(c2ccccc2C=O)CC1. The van der Waals surface area contributed by atoms with E-state index in [-0.39, 0.29) is 0 Å². The van der Waals surface area contributed by atoms with Crippen LogP contribution in [-0.4, -0.2) is 19.4 Å². The molecule has 2 nitrogen and oxygen atoms in total. The third-order valence-corrected chi connectivity index (χ3v) is 3.95. The summed E-state index contributed by atoms with van der Waals surface area (Å²) in [4.78, 5) is 13.5. The van der Waals surface area contributed by atoms with Crippen LogP contribution in [0, 0.1) is 5.92 Å². The quantitative estimate of drug-likeness (QED) is 0.750. The number of aldehydes is 1. The molecule has 2 rings (SSSR count). The standard InChI is InChI=1S/C16H23NO/c1-2-6-14-7-5-11-17(12-10-14)16-9-4-3-8-15(16)13-18/h3-4,8-9,13-14H,2,5-7,10-12H2,1H3. The molecule has 1 aromatic rings. The van der Waals surface area contributed by atoms with E-state index >= 15 is 0 Å². The fourth-order valence-electron chi connectivity index (χ4n) is 2.98. The Morgan fingerprint density at radius 2 is 2.11 bits per heavy atom. The topological polar surface area (TPSA) is 20.3 Å². The first-order valence-corrected chi connectivity index (χ1v) is 7.14. The van der Waals surface area contributed by atoms with Gasteiger partial charge in [-0.2, -0.15) is 0 Å². The van der Waals surface area contributed by atoms with Gasteiger partial charge < -0.3 is 4.90 Å². The molecule has 1 heterocycles. The smallest absolute Gasteiger partial charge is 0.152 e. The van der Waals surface area contributed by atoms with E-state index in [2.05, 4.69) is 17.9 Å². The van der Waals surface area contributed by atoms with Crippen molar-refractivity contribution in [3.05, 3.63) is 29.8 Å². The molecule has 0 spiro atoms. The van der Waals surface area contributed by atoms with E-state index in [0.717, 1.165) is 36.5 Å². The summed E-state index contributed by atoms with van der Waals surface area (Å²) in [5.74, 6) is 0.878.